The largest absolute Gasteiger partial charge is 0.313 e. The molecule has 0 aliphatic heterocycles. The SMILES string of the molecule is C=C(CC)CC(NC)c1ccccc1SC. The number of thioether (sulfide) groups is 1. The zero-order valence-corrected chi connectivity index (χ0v) is 11.2. The van der Waals surface area contributed by atoms with Crippen LogP contribution in [0, 0.1) is 0 Å². The number of rotatable bonds is 6. The van der Waals surface area contributed by atoms with E-state index < -0.39 is 0 Å². The average molecular weight is 235 g/mol. The van der Waals surface area contributed by atoms with Crippen LogP contribution >= 0.6 is 11.8 Å². The van der Waals surface area contributed by atoms with E-state index in [0.29, 0.717) is 6.04 Å². The van der Waals surface area contributed by atoms with Crippen molar-refractivity contribution in [2.45, 2.75) is 30.7 Å². The Hall–Kier alpha value is -0.730. The molecule has 1 N–H and O–H groups in total. The molecule has 1 unspecified atom stereocenters. The second kappa shape index (κ2) is 6.77. The van der Waals surface area contributed by atoms with E-state index in [1.54, 1.807) is 11.8 Å². The van der Waals surface area contributed by atoms with Gasteiger partial charge in [0.15, 0.2) is 0 Å². The Morgan fingerprint density at radius 1 is 1.44 bits per heavy atom. The summed E-state index contributed by atoms with van der Waals surface area (Å²) in [6.07, 6.45) is 4.20. The second-order valence-corrected chi connectivity index (χ2v) is 4.74. The first-order valence-corrected chi connectivity index (χ1v) is 6.92. The predicted octanol–water partition coefficient (Wildman–Crippen LogP) is 4.03. The molecule has 0 aliphatic rings. The van der Waals surface area contributed by atoms with Gasteiger partial charge >= 0.3 is 0 Å². The minimum atomic E-state index is 0.385. The first kappa shape index (κ1) is 13.3. The van der Waals surface area contributed by atoms with Crippen molar-refractivity contribution in [3.05, 3.63) is 42.0 Å². The highest BCUT2D eigenvalue weighted by atomic mass is 32.2. The van der Waals surface area contributed by atoms with Crippen molar-refractivity contribution in [2.75, 3.05) is 13.3 Å². The molecule has 0 fully saturated rings. The molecule has 0 aliphatic carbocycles. The molecule has 0 bridgehead atoms. The van der Waals surface area contributed by atoms with E-state index >= 15 is 0 Å². The topological polar surface area (TPSA) is 12.0 Å². The van der Waals surface area contributed by atoms with Crippen LogP contribution in [0.25, 0.3) is 0 Å². The Morgan fingerprint density at radius 3 is 2.69 bits per heavy atom. The van der Waals surface area contributed by atoms with E-state index in [1.807, 2.05) is 7.05 Å². The molecular weight excluding hydrogens is 214 g/mol. The fraction of sp³-hybridized carbons (Fsp3) is 0.429. The van der Waals surface area contributed by atoms with Crippen LogP contribution in [0.5, 0.6) is 0 Å². The third kappa shape index (κ3) is 3.39. The van der Waals surface area contributed by atoms with E-state index in [0.717, 1.165) is 12.8 Å². The minimum absolute atomic E-state index is 0.385. The fourth-order valence-electron chi connectivity index (χ4n) is 1.75. The summed E-state index contributed by atoms with van der Waals surface area (Å²) in [6.45, 7) is 6.26. The van der Waals surface area contributed by atoms with Gasteiger partial charge in [0.1, 0.15) is 0 Å². The van der Waals surface area contributed by atoms with Gasteiger partial charge in [-0.25, -0.2) is 0 Å². The van der Waals surface area contributed by atoms with Gasteiger partial charge in [-0.2, -0.15) is 0 Å². The third-order valence-electron chi connectivity index (χ3n) is 2.86. The van der Waals surface area contributed by atoms with Crippen LogP contribution in [-0.4, -0.2) is 13.3 Å². The predicted molar refractivity (Wildman–Crippen MR) is 74.1 cm³/mol. The van der Waals surface area contributed by atoms with Gasteiger partial charge < -0.3 is 5.32 Å². The highest BCUT2D eigenvalue weighted by Crippen LogP contribution is 2.29. The maximum absolute atomic E-state index is 4.10. The quantitative estimate of drug-likeness (QED) is 0.590. The first-order chi connectivity index (χ1) is 7.72. The molecule has 0 saturated carbocycles. The van der Waals surface area contributed by atoms with Gasteiger partial charge in [-0.1, -0.05) is 37.3 Å². The molecule has 0 saturated heterocycles. The zero-order valence-electron chi connectivity index (χ0n) is 10.4. The van der Waals surface area contributed by atoms with Crippen LogP contribution in [0.3, 0.4) is 0 Å². The van der Waals surface area contributed by atoms with Crippen molar-refractivity contribution in [1.82, 2.24) is 5.32 Å². The molecule has 0 amide bonds. The van der Waals surface area contributed by atoms with Crippen LogP contribution in [0.2, 0.25) is 0 Å². The Morgan fingerprint density at radius 2 is 2.12 bits per heavy atom. The molecular formula is C14H21NS. The van der Waals surface area contributed by atoms with E-state index in [4.69, 9.17) is 0 Å². The molecule has 0 radical (unpaired) electrons. The molecule has 88 valence electrons. The fourth-order valence-corrected chi connectivity index (χ4v) is 2.42. The third-order valence-corrected chi connectivity index (χ3v) is 3.67. The van der Waals surface area contributed by atoms with Crippen LogP contribution in [0.4, 0.5) is 0 Å². The molecule has 0 heterocycles. The van der Waals surface area contributed by atoms with E-state index in [1.165, 1.54) is 16.0 Å². The van der Waals surface area contributed by atoms with Crippen LogP contribution in [0.1, 0.15) is 31.4 Å². The minimum Gasteiger partial charge on any atom is -0.313 e. The van der Waals surface area contributed by atoms with Gasteiger partial charge in [0.2, 0.25) is 0 Å². The van der Waals surface area contributed by atoms with Crippen molar-refractivity contribution in [1.29, 1.82) is 0 Å². The molecule has 1 nitrogen and oxygen atoms in total. The lowest BCUT2D eigenvalue weighted by atomic mass is 9.98. The monoisotopic (exact) mass is 235 g/mol. The molecule has 0 aromatic heterocycles. The van der Waals surface area contributed by atoms with Crippen molar-refractivity contribution in [3.63, 3.8) is 0 Å². The molecule has 1 aromatic rings. The Bertz CT molecular complexity index is 346. The van der Waals surface area contributed by atoms with Gasteiger partial charge in [-0.3, -0.25) is 0 Å². The van der Waals surface area contributed by atoms with Gasteiger partial charge in [0, 0.05) is 10.9 Å². The molecule has 0 spiro atoms. The first-order valence-electron chi connectivity index (χ1n) is 5.69. The zero-order chi connectivity index (χ0) is 12.0. The molecule has 16 heavy (non-hydrogen) atoms. The number of hydrogen-bond acceptors (Lipinski definition) is 2. The summed E-state index contributed by atoms with van der Waals surface area (Å²) in [5.74, 6) is 0. The lowest BCUT2D eigenvalue weighted by Crippen LogP contribution is -2.17. The number of nitrogens with one attached hydrogen (secondary N) is 1. The van der Waals surface area contributed by atoms with Crippen molar-refractivity contribution in [3.8, 4) is 0 Å². The van der Waals surface area contributed by atoms with E-state index in [-0.39, 0.29) is 0 Å². The average Bonchev–Trinajstić information content (AvgIpc) is 2.35. The summed E-state index contributed by atoms with van der Waals surface area (Å²) in [7, 11) is 2.02. The van der Waals surface area contributed by atoms with Crippen molar-refractivity contribution in [2.24, 2.45) is 0 Å². The normalized spacial score (nSPS) is 12.4. The maximum Gasteiger partial charge on any atom is 0.0366 e. The molecule has 2 heteroatoms. The molecule has 1 atom stereocenters. The Balaban J connectivity index is 2.89. The summed E-state index contributed by atoms with van der Waals surface area (Å²) in [6, 6.07) is 8.97. The van der Waals surface area contributed by atoms with E-state index in [2.05, 4.69) is 49.3 Å². The van der Waals surface area contributed by atoms with Crippen molar-refractivity contribution >= 4 is 11.8 Å². The summed E-state index contributed by atoms with van der Waals surface area (Å²) in [5.41, 5.74) is 2.68. The van der Waals surface area contributed by atoms with Crippen molar-refractivity contribution < 1.29 is 0 Å². The standard InChI is InChI=1S/C14H21NS/c1-5-11(2)10-13(15-3)12-8-6-7-9-14(12)16-4/h6-9,13,15H,2,5,10H2,1,3-4H3. The van der Waals surface area contributed by atoms with Gasteiger partial charge in [-0.15, -0.1) is 11.8 Å². The summed E-state index contributed by atoms with van der Waals surface area (Å²) in [5, 5.41) is 3.38. The number of hydrogen-bond donors (Lipinski definition) is 1. The van der Waals surface area contributed by atoms with Crippen LogP contribution in [0.15, 0.2) is 41.3 Å². The van der Waals surface area contributed by atoms with E-state index in [9.17, 15) is 0 Å². The highest BCUT2D eigenvalue weighted by molar-refractivity contribution is 7.98. The molecule has 1 aromatic carbocycles. The second-order valence-electron chi connectivity index (χ2n) is 3.89. The Labute approximate surface area is 103 Å². The summed E-state index contributed by atoms with van der Waals surface area (Å²) in [4.78, 5) is 1.35. The lowest BCUT2D eigenvalue weighted by Gasteiger charge is -2.20. The summed E-state index contributed by atoms with van der Waals surface area (Å²) < 4.78 is 0. The van der Waals surface area contributed by atoms with Gasteiger partial charge in [0.25, 0.3) is 0 Å². The van der Waals surface area contributed by atoms with Gasteiger partial charge in [-0.05, 0) is 37.8 Å². The maximum atomic E-state index is 4.10. The van der Waals surface area contributed by atoms with Crippen LogP contribution in [-0.2, 0) is 0 Å². The number of benzene rings is 1. The molecule has 1 rings (SSSR count). The van der Waals surface area contributed by atoms with Crippen LogP contribution < -0.4 is 5.32 Å². The highest BCUT2D eigenvalue weighted by Gasteiger charge is 2.13. The lowest BCUT2D eigenvalue weighted by molar-refractivity contribution is 0.574. The van der Waals surface area contributed by atoms with Gasteiger partial charge in [0.05, 0.1) is 0 Å². The summed E-state index contributed by atoms with van der Waals surface area (Å²) >= 11 is 1.80. The smallest absolute Gasteiger partial charge is 0.0366 e. The Kier molecular flexibility index (Phi) is 5.64.